The number of rotatable bonds is 3. The SMILES string of the molecule is Cc1nn(C)c(C(=O)Nc2ccc(Cl)c(C(=O)O)c2)c1C(F)(F)F. The second-order valence-corrected chi connectivity index (χ2v) is 5.29. The van der Waals surface area contributed by atoms with Gasteiger partial charge in [-0.3, -0.25) is 9.48 Å². The Morgan fingerprint density at radius 2 is 1.96 bits per heavy atom. The Morgan fingerprint density at radius 3 is 2.50 bits per heavy atom. The molecule has 2 aromatic rings. The van der Waals surface area contributed by atoms with Gasteiger partial charge in [0.2, 0.25) is 0 Å². The molecule has 0 saturated carbocycles. The highest BCUT2D eigenvalue weighted by molar-refractivity contribution is 6.33. The summed E-state index contributed by atoms with van der Waals surface area (Å²) in [5.74, 6) is -2.40. The predicted octanol–water partition coefficient (Wildman–Crippen LogP) is 3.35. The number of amides is 1. The minimum absolute atomic E-state index is 0.00576. The lowest BCUT2D eigenvalue weighted by molar-refractivity contribution is -0.138. The fraction of sp³-hybridized carbons (Fsp3) is 0.214. The Bertz CT molecular complexity index is 831. The number of alkyl halides is 3. The van der Waals surface area contributed by atoms with E-state index in [-0.39, 0.29) is 22.0 Å². The minimum atomic E-state index is -4.75. The van der Waals surface area contributed by atoms with Crippen LogP contribution < -0.4 is 5.32 Å². The standard InChI is InChI=1S/C14H11ClF3N3O3/c1-6-10(14(16,17)18)11(21(2)20-6)12(22)19-7-3-4-9(15)8(5-7)13(23)24/h3-5H,1-2H3,(H,19,22)(H,23,24). The Balaban J connectivity index is 2.42. The van der Waals surface area contributed by atoms with E-state index in [9.17, 15) is 22.8 Å². The summed E-state index contributed by atoms with van der Waals surface area (Å²) in [7, 11) is 1.21. The van der Waals surface area contributed by atoms with Crippen LogP contribution in [0.1, 0.15) is 32.1 Å². The van der Waals surface area contributed by atoms with Crippen molar-refractivity contribution >= 4 is 29.2 Å². The van der Waals surface area contributed by atoms with Crippen molar-refractivity contribution in [2.24, 2.45) is 7.05 Å². The van der Waals surface area contributed by atoms with Gasteiger partial charge in [0.15, 0.2) is 0 Å². The third-order valence-electron chi connectivity index (χ3n) is 3.18. The molecule has 0 spiro atoms. The number of carbonyl (C=O) groups excluding carboxylic acids is 1. The van der Waals surface area contributed by atoms with Crippen molar-refractivity contribution in [1.29, 1.82) is 0 Å². The fourth-order valence-electron chi connectivity index (χ4n) is 2.22. The van der Waals surface area contributed by atoms with Crippen LogP contribution in [0.5, 0.6) is 0 Å². The molecule has 0 saturated heterocycles. The van der Waals surface area contributed by atoms with Crippen LogP contribution in [0.3, 0.4) is 0 Å². The molecule has 1 heterocycles. The number of nitrogens with one attached hydrogen (secondary N) is 1. The van der Waals surface area contributed by atoms with Crippen molar-refractivity contribution in [2.45, 2.75) is 13.1 Å². The maximum absolute atomic E-state index is 13.1. The largest absolute Gasteiger partial charge is 0.478 e. The zero-order chi connectivity index (χ0) is 18.2. The average molecular weight is 362 g/mol. The first-order chi connectivity index (χ1) is 11.0. The maximum Gasteiger partial charge on any atom is 0.420 e. The van der Waals surface area contributed by atoms with E-state index in [4.69, 9.17) is 16.7 Å². The van der Waals surface area contributed by atoms with Crippen LogP contribution in [0.25, 0.3) is 0 Å². The van der Waals surface area contributed by atoms with E-state index in [1.165, 1.54) is 19.2 Å². The lowest BCUT2D eigenvalue weighted by atomic mass is 10.1. The lowest BCUT2D eigenvalue weighted by Crippen LogP contribution is -2.21. The van der Waals surface area contributed by atoms with Gasteiger partial charge in [0, 0.05) is 12.7 Å². The number of aromatic carboxylic acids is 1. The lowest BCUT2D eigenvalue weighted by Gasteiger charge is -2.11. The van der Waals surface area contributed by atoms with Crippen LogP contribution >= 0.6 is 11.6 Å². The van der Waals surface area contributed by atoms with Gasteiger partial charge in [-0.25, -0.2) is 4.79 Å². The molecular formula is C14H11ClF3N3O3. The number of aryl methyl sites for hydroxylation is 2. The summed E-state index contributed by atoms with van der Waals surface area (Å²) in [5.41, 5.74) is -2.44. The molecule has 0 aliphatic carbocycles. The molecule has 0 radical (unpaired) electrons. The zero-order valence-corrected chi connectivity index (χ0v) is 13.2. The van der Waals surface area contributed by atoms with Gasteiger partial charge in [0.25, 0.3) is 5.91 Å². The van der Waals surface area contributed by atoms with Crippen LogP contribution in [0.4, 0.5) is 18.9 Å². The molecular weight excluding hydrogens is 351 g/mol. The Kier molecular flexibility index (Phi) is 4.57. The fourth-order valence-corrected chi connectivity index (χ4v) is 2.41. The number of hydrogen-bond donors (Lipinski definition) is 2. The van der Waals surface area contributed by atoms with Gasteiger partial charge in [-0.2, -0.15) is 18.3 Å². The first-order valence-corrected chi connectivity index (χ1v) is 6.85. The highest BCUT2D eigenvalue weighted by Crippen LogP contribution is 2.34. The molecule has 0 atom stereocenters. The molecule has 0 aliphatic heterocycles. The topological polar surface area (TPSA) is 84.2 Å². The number of hydrogen-bond acceptors (Lipinski definition) is 3. The van der Waals surface area contributed by atoms with E-state index in [1.54, 1.807) is 0 Å². The van der Waals surface area contributed by atoms with Gasteiger partial charge in [-0.1, -0.05) is 11.6 Å². The third kappa shape index (κ3) is 3.35. The molecule has 1 aromatic heterocycles. The summed E-state index contributed by atoms with van der Waals surface area (Å²) in [6, 6.07) is 3.56. The van der Waals surface area contributed by atoms with E-state index in [0.29, 0.717) is 0 Å². The Labute approximate surface area is 138 Å². The quantitative estimate of drug-likeness (QED) is 0.878. The number of halogens is 4. The molecule has 1 aromatic carbocycles. The number of carboxylic acids is 1. The van der Waals surface area contributed by atoms with E-state index in [2.05, 4.69) is 10.4 Å². The number of carbonyl (C=O) groups is 2. The summed E-state index contributed by atoms with van der Waals surface area (Å²) < 4.78 is 40.2. The van der Waals surface area contributed by atoms with Gasteiger partial charge < -0.3 is 10.4 Å². The van der Waals surface area contributed by atoms with Crippen LogP contribution in [-0.4, -0.2) is 26.8 Å². The van der Waals surface area contributed by atoms with Crippen molar-refractivity contribution < 1.29 is 27.9 Å². The molecule has 10 heteroatoms. The summed E-state index contributed by atoms with van der Waals surface area (Å²) in [4.78, 5) is 23.2. The minimum Gasteiger partial charge on any atom is -0.478 e. The molecule has 0 unspecified atom stereocenters. The molecule has 2 rings (SSSR count). The second-order valence-electron chi connectivity index (χ2n) is 4.88. The normalized spacial score (nSPS) is 11.4. The maximum atomic E-state index is 13.1. The smallest absolute Gasteiger partial charge is 0.420 e. The molecule has 1 amide bonds. The summed E-state index contributed by atoms with van der Waals surface area (Å²) in [6.45, 7) is 1.14. The zero-order valence-electron chi connectivity index (χ0n) is 12.4. The van der Waals surface area contributed by atoms with Crippen LogP contribution in [0, 0.1) is 6.92 Å². The van der Waals surface area contributed by atoms with Gasteiger partial charge >= 0.3 is 12.1 Å². The first-order valence-electron chi connectivity index (χ1n) is 6.47. The van der Waals surface area contributed by atoms with Crippen LogP contribution in [-0.2, 0) is 13.2 Å². The second kappa shape index (κ2) is 6.16. The number of aromatic nitrogens is 2. The number of anilines is 1. The summed E-state index contributed by atoms with van der Waals surface area (Å²) in [6.07, 6.45) is -4.75. The van der Waals surface area contributed by atoms with E-state index in [0.717, 1.165) is 17.7 Å². The van der Waals surface area contributed by atoms with Crippen molar-refractivity contribution in [3.05, 3.63) is 45.7 Å². The Hall–Kier alpha value is -2.55. The van der Waals surface area contributed by atoms with Gasteiger partial charge in [0.1, 0.15) is 11.3 Å². The molecule has 0 bridgehead atoms. The Morgan fingerprint density at radius 1 is 1.33 bits per heavy atom. The van der Waals surface area contributed by atoms with Gasteiger partial charge in [0.05, 0.1) is 16.3 Å². The monoisotopic (exact) mass is 361 g/mol. The molecule has 128 valence electrons. The first kappa shape index (κ1) is 17.8. The predicted molar refractivity (Wildman–Crippen MR) is 79.3 cm³/mol. The van der Waals surface area contributed by atoms with Crippen molar-refractivity contribution in [1.82, 2.24) is 9.78 Å². The number of nitrogens with zero attached hydrogens (tertiary/aromatic N) is 2. The van der Waals surface area contributed by atoms with Crippen LogP contribution in [0.2, 0.25) is 5.02 Å². The van der Waals surface area contributed by atoms with E-state index >= 15 is 0 Å². The molecule has 0 aliphatic rings. The highest BCUT2D eigenvalue weighted by atomic mass is 35.5. The molecule has 2 N–H and O–H groups in total. The molecule has 24 heavy (non-hydrogen) atoms. The van der Waals surface area contributed by atoms with Crippen molar-refractivity contribution in [2.75, 3.05) is 5.32 Å². The molecule has 0 fully saturated rings. The summed E-state index contributed by atoms with van der Waals surface area (Å²) >= 11 is 5.70. The number of benzene rings is 1. The van der Waals surface area contributed by atoms with Gasteiger partial charge in [-0.05, 0) is 25.1 Å². The summed E-state index contributed by atoms with van der Waals surface area (Å²) in [5, 5.41) is 14.8. The average Bonchev–Trinajstić information content (AvgIpc) is 2.75. The van der Waals surface area contributed by atoms with Crippen molar-refractivity contribution in [3.63, 3.8) is 0 Å². The third-order valence-corrected chi connectivity index (χ3v) is 3.50. The van der Waals surface area contributed by atoms with Crippen LogP contribution in [0.15, 0.2) is 18.2 Å². The van der Waals surface area contributed by atoms with E-state index < -0.39 is 29.3 Å². The van der Waals surface area contributed by atoms with Crippen molar-refractivity contribution in [3.8, 4) is 0 Å². The van der Waals surface area contributed by atoms with E-state index in [1.807, 2.05) is 0 Å². The molecule has 6 nitrogen and oxygen atoms in total. The van der Waals surface area contributed by atoms with Gasteiger partial charge in [-0.15, -0.1) is 0 Å². The highest BCUT2D eigenvalue weighted by Gasteiger charge is 2.40. The number of carboxylic acid groups (broad SMARTS) is 1.